The molecule has 0 bridgehead atoms. The molecule has 1 saturated heterocycles. The van der Waals surface area contributed by atoms with E-state index in [9.17, 15) is 0 Å². The van der Waals surface area contributed by atoms with Crippen LogP contribution >= 0.6 is 11.3 Å². The number of benzene rings is 1. The predicted octanol–water partition coefficient (Wildman–Crippen LogP) is 4.15. The minimum absolute atomic E-state index is 0.0115. The zero-order chi connectivity index (χ0) is 22.5. The van der Waals surface area contributed by atoms with Crippen molar-refractivity contribution in [3.8, 4) is 11.5 Å². The fraction of sp³-hybridized carbons (Fsp3) is 0.500. The summed E-state index contributed by atoms with van der Waals surface area (Å²) >= 11 is 1.72. The van der Waals surface area contributed by atoms with Crippen LogP contribution < -0.4 is 14.8 Å². The Labute approximate surface area is 193 Å². The highest BCUT2D eigenvalue weighted by Gasteiger charge is 2.21. The molecule has 32 heavy (non-hydrogen) atoms. The van der Waals surface area contributed by atoms with Gasteiger partial charge in [0.05, 0.1) is 18.6 Å². The predicted molar refractivity (Wildman–Crippen MR) is 129 cm³/mol. The van der Waals surface area contributed by atoms with E-state index in [4.69, 9.17) is 14.6 Å². The maximum absolute atomic E-state index is 9.02. The Bertz CT molecular complexity index is 1050. The molecule has 3 heterocycles. The summed E-state index contributed by atoms with van der Waals surface area (Å²) < 4.78 is 11.3. The second-order valence-electron chi connectivity index (χ2n) is 8.18. The van der Waals surface area contributed by atoms with Gasteiger partial charge in [-0.15, -0.1) is 11.3 Å². The molecule has 172 valence electrons. The molecule has 0 unspecified atom stereocenters. The Morgan fingerprint density at radius 2 is 1.94 bits per heavy atom. The van der Waals surface area contributed by atoms with Crippen molar-refractivity contribution in [1.82, 2.24) is 14.9 Å². The average Bonchev–Trinajstić information content (AvgIpc) is 3.15. The molecule has 3 aromatic rings. The summed E-state index contributed by atoms with van der Waals surface area (Å²) in [7, 11) is 0. The number of thiophene rings is 1. The van der Waals surface area contributed by atoms with E-state index in [1.165, 1.54) is 10.4 Å². The smallest absolute Gasteiger partial charge is 0.161 e. The van der Waals surface area contributed by atoms with Gasteiger partial charge in [-0.25, -0.2) is 9.97 Å². The van der Waals surface area contributed by atoms with Crippen LogP contribution in [-0.4, -0.2) is 58.9 Å². The minimum atomic E-state index is -0.0115. The summed E-state index contributed by atoms with van der Waals surface area (Å²) in [6.45, 7) is 9.81. The number of hydrogen-bond acceptors (Lipinski definition) is 8. The van der Waals surface area contributed by atoms with Crippen LogP contribution in [0.4, 0.5) is 5.82 Å². The van der Waals surface area contributed by atoms with Crippen LogP contribution in [0.2, 0.25) is 0 Å². The van der Waals surface area contributed by atoms with Gasteiger partial charge in [0, 0.05) is 30.6 Å². The van der Waals surface area contributed by atoms with Crippen molar-refractivity contribution < 1.29 is 14.6 Å². The number of nitrogens with one attached hydrogen (secondary N) is 1. The second-order valence-corrected chi connectivity index (χ2v) is 9.41. The van der Waals surface area contributed by atoms with Crippen molar-refractivity contribution in [1.29, 1.82) is 0 Å². The third-order valence-electron chi connectivity index (χ3n) is 5.62. The topological polar surface area (TPSA) is 79.7 Å². The van der Waals surface area contributed by atoms with Gasteiger partial charge in [0.2, 0.25) is 0 Å². The van der Waals surface area contributed by atoms with Crippen molar-refractivity contribution >= 4 is 27.4 Å². The zero-order valence-corrected chi connectivity index (χ0v) is 19.9. The highest BCUT2D eigenvalue weighted by molar-refractivity contribution is 7.18. The fourth-order valence-corrected chi connectivity index (χ4v) is 5.06. The number of ether oxygens (including phenoxy) is 2. The number of aromatic nitrogens is 2. The largest absolute Gasteiger partial charge is 0.490 e. The summed E-state index contributed by atoms with van der Waals surface area (Å²) in [5.41, 5.74) is 1.21. The summed E-state index contributed by atoms with van der Waals surface area (Å²) in [5, 5.41) is 13.8. The SMILES string of the molecule is CCOc1cc(CN2CCC(Nc3nc(C)nc4sc(C)cc34)CC2)ccc1OCCO. The number of aryl methyl sites for hydroxylation is 2. The van der Waals surface area contributed by atoms with Gasteiger partial charge in [-0.1, -0.05) is 6.07 Å². The number of anilines is 1. The van der Waals surface area contributed by atoms with Gasteiger partial charge in [-0.05, 0) is 57.4 Å². The number of rotatable bonds is 9. The maximum atomic E-state index is 9.02. The molecule has 7 nitrogen and oxygen atoms in total. The lowest BCUT2D eigenvalue weighted by Gasteiger charge is -2.32. The molecule has 2 N–H and O–H groups in total. The van der Waals surface area contributed by atoms with E-state index in [2.05, 4.69) is 45.3 Å². The van der Waals surface area contributed by atoms with Gasteiger partial charge in [-0.2, -0.15) is 0 Å². The molecule has 2 aromatic heterocycles. The van der Waals surface area contributed by atoms with E-state index < -0.39 is 0 Å². The molecule has 0 amide bonds. The van der Waals surface area contributed by atoms with Gasteiger partial charge >= 0.3 is 0 Å². The first-order valence-electron chi connectivity index (χ1n) is 11.3. The Balaban J connectivity index is 1.36. The first-order chi connectivity index (χ1) is 15.6. The van der Waals surface area contributed by atoms with Crippen LogP contribution in [0.3, 0.4) is 0 Å². The van der Waals surface area contributed by atoms with Gasteiger partial charge in [0.15, 0.2) is 11.5 Å². The van der Waals surface area contributed by atoms with E-state index in [1.54, 1.807) is 11.3 Å². The van der Waals surface area contributed by atoms with Gasteiger partial charge in [0.25, 0.3) is 0 Å². The number of likely N-dealkylation sites (tertiary alicyclic amines) is 1. The number of aliphatic hydroxyl groups excluding tert-OH is 1. The third-order valence-corrected chi connectivity index (χ3v) is 6.56. The number of hydrogen-bond donors (Lipinski definition) is 2. The fourth-order valence-electron chi connectivity index (χ4n) is 4.14. The Hall–Kier alpha value is -2.42. The van der Waals surface area contributed by atoms with Crippen molar-refractivity contribution in [2.45, 2.75) is 46.2 Å². The molecule has 0 atom stereocenters. The Morgan fingerprint density at radius 3 is 2.69 bits per heavy atom. The van der Waals surface area contributed by atoms with E-state index in [-0.39, 0.29) is 13.2 Å². The lowest BCUT2D eigenvalue weighted by Crippen LogP contribution is -2.38. The molecular weight excluding hydrogens is 424 g/mol. The number of aliphatic hydroxyl groups is 1. The number of nitrogens with zero attached hydrogens (tertiary/aromatic N) is 3. The second kappa shape index (κ2) is 10.5. The summed E-state index contributed by atoms with van der Waals surface area (Å²) in [4.78, 5) is 14.1. The molecule has 0 saturated carbocycles. The van der Waals surface area contributed by atoms with E-state index in [0.29, 0.717) is 18.4 Å². The normalized spacial score (nSPS) is 15.2. The van der Waals surface area contributed by atoms with Crippen LogP contribution in [0.15, 0.2) is 24.3 Å². The number of piperidine rings is 1. The molecule has 4 rings (SSSR count). The van der Waals surface area contributed by atoms with Crippen LogP contribution in [0, 0.1) is 13.8 Å². The Morgan fingerprint density at radius 1 is 1.12 bits per heavy atom. The monoisotopic (exact) mass is 456 g/mol. The van der Waals surface area contributed by atoms with Crippen molar-refractivity contribution in [3.05, 3.63) is 40.5 Å². The van der Waals surface area contributed by atoms with E-state index in [1.807, 2.05) is 19.9 Å². The van der Waals surface area contributed by atoms with E-state index in [0.717, 1.165) is 60.1 Å². The van der Waals surface area contributed by atoms with Gasteiger partial charge in [-0.3, -0.25) is 4.90 Å². The van der Waals surface area contributed by atoms with Crippen molar-refractivity contribution in [2.24, 2.45) is 0 Å². The molecule has 0 radical (unpaired) electrons. The van der Waals surface area contributed by atoms with E-state index >= 15 is 0 Å². The average molecular weight is 457 g/mol. The van der Waals surface area contributed by atoms with Crippen LogP contribution in [0.5, 0.6) is 11.5 Å². The van der Waals surface area contributed by atoms with Crippen LogP contribution in [0.25, 0.3) is 10.2 Å². The lowest BCUT2D eigenvalue weighted by atomic mass is 10.0. The van der Waals surface area contributed by atoms with Crippen molar-refractivity contribution in [2.75, 3.05) is 38.2 Å². The molecule has 0 aliphatic carbocycles. The minimum Gasteiger partial charge on any atom is -0.490 e. The standard InChI is InChI=1S/C24H32N4O3S/c1-4-30-22-14-18(5-6-21(22)31-12-11-29)15-28-9-7-19(8-10-28)27-23-20-13-16(2)32-24(20)26-17(3)25-23/h5-6,13-14,19,29H,4,7-12,15H2,1-3H3,(H,25,26,27). The maximum Gasteiger partial charge on any atom is 0.161 e. The first kappa shape index (κ1) is 22.8. The molecule has 1 aromatic carbocycles. The van der Waals surface area contributed by atoms with Crippen molar-refractivity contribution in [3.63, 3.8) is 0 Å². The Kier molecular flexibility index (Phi) is 7.44. The molecular formula is C24H32N4O3S. The first-order valence-corrected chi connectivity index (χ1v) is 12.1. The molecule has 1 aliphatic heterocycles. The summed E-state index contributed by atoms with van der Waals surface area (Å²) in [6, 6.07) is 8.67. The summed E-state index contributed by atoms with van der Waals surface area (Å²) in [6.07, 6.45) is 2.15. The number of fused-ring (bicyclic) bond motifs is 1. The molecule has 1 aliphatic rings. The third kappa shape index (κ3) is 5.49. The summed E-state index contributed by atoms with van der Waals surface area (Å²) in [5.74, 6) is 3.21. The van der Waals surface area contributed by atoms with Crippen LogP contribution in [0.1, 0.15) is 36.0 Å². The highest BCUT2D eigenvalue weighted by atomic mass is 32.1. The highest BCUT2D eigenvalue weighted by Crippen LogP contribution is 2.31. The molecule has 8 heteroatoms. The molecule has 0 spiro atoms. The zero-order valence-electron chi connectivity index (χ0n) is 19.1. The quantitative estimate of drug-likeness (QED) is 0.501. The van der Waals surface area contributed by atoms with Gasteiger partial charge in [0.1, 0.15) is 23.1 Å². The lowest BCUT2D eigenvalue weighted by molar-refractivity contribution is 0.193. The van der Waals surface area contributed by atoms with Gasteiger partial charge < -0.3 is 19.9 Å². The molecule has 1 fully saturated rings. The van der Waals surface area contributed by atoms with Crippen LogP contribution in [-0.2, 0) is 6.54 Å².